The lowest BCUT2D eigenvalue weighted by molar-refractivity contribution is 0.0592. The number of carbonyl (C=O) groups is 2. The Balaban J connectivity index is 1.38. The van der Waals surface area contributed by atoms with Crippen LogP contribution >= 0.6 is 0 Å². The van der Waals surface area contributed by atoms with Crippen LogP contribution in [0.25, 0.3) is 68.6 Å². The van der Waals surface area contributed by atoms with Gasteiger partial charge < -0.3 is 19.4 Å². The second kappa shape index (κ2) is 24.5. The number of aromatic amines is 2. The third-order valence-corrected chi connectivity index (χ3v) is 13.2. The Morgan fingerprint density at radius 2 is 0.742 bits per heavy atom. The summed E-state index contributed by atoms with van der Waals surface area (Å²) in [5.41, 5.74) is 14.7. The zero-order valence-corrected chi connectivity index (χ0v) is 39.9. The summed E-state index contributed by atoms with van der Waals surface area (Å²) in [4.78, 5) is 43.6. The van der Waals surface area contributed by atoms with E-state index in [-0.39, 0.29) is 11.9 Å². The zero-order chi connectivity index (χ0) is 46.1. The van der Waals surface area contributed by atoms with Crippen molar-refractivity contribution in [3.05, 3.63) is 118 Å². The summed E-state index contributed by atoms with van der Waals surface area (Å²) in [7, 11) is 2.82. The van der Waals surface area contributed by atoms with Crippen LogP contribution in [0.5, 0.6) is 0 Å². The highest BCUT2D eigenvalue weighted by atomic mass is 16.5. The summed E-state index contributed by atoms with van der Waals surface area (Å²) in [6.45, 7) is 4.54. The number of hydrogen-bond donors (Lipinski definition) is 2. The molecule has 2 N–H and O–H groups in total. The molecule has 0 aliphatic carbocycles. The lowest BCUT2D eigenvalue weighted by Gasteiger charge is -2.08. The number of aromatic nitrogens is 4. The molecule has 5 heterocycles. The van der Waals surface area contributed by atoms with E-state index in [9.17, 15) is 9.59 Å². The maximum Gasteiger partial charge on any atom is 0.337 e. The number of rotatable bonds is 24. The van der Waals surface area contributed by atoms with Gasteiger partial charge in [-0.25, -0.2) is 19.6 Å². The number of methoxy groups -OCH3 is 2. The van der Waals surface area contributed by atoms with Gasteiger partial charge in [0.25, 0.3) is 0 Å². The van der Waals surface area contributed by atoms with Crippen molar-refractivity contribution in [2.24, 2.45) is 0 Å². The number of hydrogen-bond acceptors (Lipinski definition) is 6. The molecule has 3 aromatic heterocycles. The number of nitrogens with one attached hydrogen (secondary N) is 2. The van der Waals surface area contributed by atoms with E-state index in [0.717, 1.165) is 106 Å². The number of unbranched alkanes of at least 4 members (excludes halogenated alkanes) is 16. The third-order valence-electron chi connectivity index (χ3n) is 13.2. The summed E-state index contributed by atoms with van der Waals surface area (Å²) in [6.07, 6.45) is 32.9. The molecule has 0 saturated carbocycles. The molecule has 346 valence electrons. The van der Waals surface area contributed by atoms with Crippen LogP contribution in [0.3, 0.4) is 0 Å². The molecule has 0 spiro atoms. The third kappa shape index (κ3) is 12.2. The fraction of sp³-hybridized carbons (Fsp3) is 0.414. The molecule has 8 heteroatoms. The van der Waals surface area contributed by atoms with Crippen molar-refractivity contribution in [1.29, 1.82) is 0 Å². The number of aryl methyl sites for hydroxylation is 2. The van der Waals surface area contributed by atoms with Crippen LogP contribution in [-0.4, -0.2) is 46.1 Å². The summed E-state index contributed by atoms with van der Waals surface area (Å²) in [6, 6.07) is 24.0. The molecule has 7 rings (SSSR count). The number of H-pyrrole nitrogens is 2. The van der Waals surface area contributed by atoms with E-state index in [1.54, 1.807) is 0 Å². The van der Waals surface area contributed by atoms with Crippen LogP contribution in [0.15, 0.2) is 72.8 Å². The van der Waals surface area contributed by atoms with E-state index in [2.05, 4.69) is 72.4 Å². The monoisotopic (exact) mass is 887 g/mol. The van der Waals surface area contributed by atoms with E-state index in [4.69, 9.17) is 19.4 Å². The van der Waals surface area contributed by atoms with Gasteiger partial charge in [-0.15, -0.1) is 0 Å². The standard InChI is InChI=1S/C58H70N4O4/c1-5-7-9-11-13-15-17-19-21-23-45-47-33-37-51(59-47)55(41-25-29-43(30-26-41)57(63)65-3)53-39-35-49(61-53)46(24-22-20-18-16-14-12-10-8-6-2)50-36-40-54(62-50)56(52-38-34-48(45)60-52)42-27-31-44(32-28-42)58(64)66-4/h25-40,59,61H,5-24H2,1-4H3. The summed E-state index contributed by atoms with van der Waals surface area (Å²) >= 11 is 0. The van der Waals surface area contributed by atoms with Gasteiger partial charge in [-0.3, -0.25) is 0 Å². The van der Waals surface area contributed by atoms with Crippen molar-refractivity contribution >= 4 is 58.3 Å². The van der Waals surface area contributed by atoms with E-state index >= 15 is 0 Å². The van der Waals surface area contributed by atoms with Crippen LogP contribution in [0.1, 0.15) is 184 Å². The molecular formula is C58H70N4O4. The molecule has 0 unspecified atom stereocenters. The van der Waals surface area contributed by atoms with Gasteiger partial charge in [0.05, 0.1) is 48.1 Å². The minimum absolute atomic E-state index is 0.359. The van der Waals surface area contributed by atoms with E-state index in [1.165, 1.54) is 115 Å². The second-order valence-corrected chi connectivity index (χ2v) is 18.0. The predicted molar refractivity (Wildman–Crippen MR) is 274 cm³/mol. The first-order valence-corrected chi connectivity index (χ1v) is 24.9. The fourth-order valence-corrected chi connectivity index (χ4v) is 9.46. The number of carbonyl (C=O) groups excluding carboxylic acids is 2. The van der Waals surface area contributed by atoms with Gasteiger partial charge in [0.15, 0.2) is 0 Å². The molecule has 2 aliphatic rings. The van der Waals surface area contributed by atoms with E-state index < -0.39 is 0 Å². The molecule has 8 nitrogen and oxygen atoms in total. The average molecular weight is 887 g/mol. The van der Waals surface area contributed by atoms with Gasteiger partial charge in [-0.2, -0.15) is 0 Å². The normalized spacial score (nSPS) is 11.9. The van der Waals surface area contributed by atoms with E-state index in [0.29, 0.717) is 11.1 Å². The Morgan fingerprint density at radius 1 is 0.409 bits per heavy atom. The summed E-state index contributed by atoms with van der Waals surface area (Å²) < 4.78 is 10.1. The smallest absolute Gasteiger partial charge is 0.337 e. The average Bonchev–Trinajstić information content (AvgIpc) is 4.20. The zero-order valence-electron chi connectivity index (χ0n) is 39.9. The Morgan fingerprint density at radius 3 is 1.12 bits per heavy atom. The van der Waals surface area contributed by atoms with Crippen molar-refractivity contribution in [3.63, 3.8) is 0 Å². The first kappa shape index (κ1) is 47.9. The minimum atomic E-state index is -0.368. The van der Waals surface area contributed by atoms with Gasteiger partial charge in [0.1, 0.15) is 0 Å². The maximum atomic E-state index is 12.5. The van der Waals surface area contributed by atoms with Crippen LogP contribution in [0, 0.1) is 0 Å². The largest absolute Gasteiger partial charge is 0.465 e. The number of nitrogens with zero attached hydrogens (tertiary/aromatic N) is 2. The molecule has 0 fully saturated rings. The molecule has 0 saturated heterocycles. The molecule has 8 bridgehead atoms. The predicted octanol–water partition coefficient (Wildman–Crippen LogP) is 15.7. The van der Waals surface area contributed by atoms with Gasteiger partial charge in [-0.1, -0.05) is 141 Å². The highest BCUT2D eigenvalue weighted by Crippen LogP contribution is 2.35. The second-order valence-electron chi connectivity index (χ2n) is 18.0. The van der Waals surface area contributed by atoms with Crippen molar-refractivity contribution in [1.82, 2.24) is 19.9 Å². The molecule has 2 aliphatic heterocycles. The highest BCUT2D eigenvalue weighted by Gasteiger charge is 2.19. The molecule has 5 aromatic rings. The first-order chi connectivity index (χ1) is 32.4. The lowest BCUT2D eigenvalue weighted by Crippen LogP contribution is -2.00. The van der Waals surface area contributed by atoms with Crippen LogP contribution in [0.2, 0.25) is 0 Å². The molecule has 66 heavy (non-hydrogen) atoms. The topological polar surface area (TPSA) is 110 Å². The van der Waals surface area contributed by atoms with Gasteiger partial charge >= 0.3 is 11.9 Å². The first-order valence-electron chi connectivity index (χ1n) is 24.9. The Bertz CT molecular complexity index is 2510. The minimum Gasteiger partial charge on any atom is -0.465 e. The number of esters is 2. The van der Waals surface area contributed by atoms with E-state index in [1.807, 2.05) is 48.5 Å². The maximum absolute atomic E-state index is 12.5. The summed E-state index contributed by atoms with van der Waals surface area (Å²) in [5.74, 6) is -0.727. The number of fused-ring (bicyclic) bond motifs is 8. The van der Waals surface area contributed by atoms with Crippen molar-refractivity contribution in [2.45, 2.75) is 142 Å². The van der Waals surface area contributed by atoms with Crippen LogP contribution in [0.4, 0.5) is 0 Å². The van der Waals surface area contributed by atoms with Gasteiger partial charge in [-0.05, 0) is 110 Å². The quantitative estimate of drug-likeness (QED) is 0.0462. The van der Waals surface area contributed by atoms with Gasteiger partial charge in [0.2, 0.25) is 0 Å². The number of ether oxygens (including phenoxy) is 2. The molecule has 0 amide bonds. The van der Waals surface area contributed by atoms with Crippen molar-refractivity contribution < 1.29 is 19.1 Å². The summed E-state index contributed by atoms with van der Waals surface area (Å²) in [5, 5.41) is 0. The Hall–Kier alpha value is -6.02. The van der Waals surface area contributed by atoms with Crippen LogP contribution < -0.4 is 0 Å². The lowest BCUT2D eigenvalue weighted by atomic mass is 10.0. The number of benzene rings is 2. The molecule has 2 aromatic carbocycles. The Labute approximate surface area is 392 Å². The molecule has 0 radical (unpaired) electrons. The highest BCUT2D eigenvalue weighted by molar-refractivity contribution is 5.97. The Kier molecular flexibility index (Phi) is 17.8. The van der Waals surface area contributed by atoms with Gasteiger partial charge in [0, 0.05) is 44.3 Å². The molecule has 0 atom stereocenters. The van der Waals surface area contributed by atoms with Crippen molar-refractivity contribution in [3.8, 4) is 22.3 Å². The molecular weight excluding hydrogens is 817 g/mol. The van der Waals surface area contributed by atoms with Crippen molar-refractivity contribution in [2.75, 3.05) is 14.2 Å². The SMILES string of the molecule is CCCCCCCCCCCc1c2nc(c(-c3ccc(C(=O)OC)cc3)c3nc(c(CCCCCCCCCCC)c4ccc([nH]4)c(-c4ccc(C(=O)OC)cc4)c4ccc1[nH]4)C=C3)C=C2. The fourth-order valence-electron chi connectivity index (χ4n) is 9.46. The van der Waals surface area contributed by atoms with Crippen LogP contribution in [-0.2, 0) is 22.3 Å².